The van der Waals surface area contributed by atoms with Gasteiger partial charge in [0.1, 0.15) is 11.2 Å². The molecule has 0 spiro atoms. The molecule has 0 aliphatic carbocycles. The molecule has 0 saturated heterocycles. The lowest BCUT2D eigenvalue weighted by atomic mass is 9.96. The lowest BCUT2D eigenvalue weighted by molar-refractivity contribution is 0.670. The average Bonchev–Trinajstić information content (AvgIpc) is 3.71. The van der Waals surface area contributed by atoms with Crippen LogP contribution in [0.4, 0.5) is 17.1 Å². The number of rotatable bonds is 7. The molecule has 0 saturated carbocycles. The molecule has 0 radical (unpaired) electrons. The highest BCUT2D eigenvalue weighted by Crippen LogP contribution is 2.43. The second kappa shape index (κ2) is 13.4. The zero-order chi connectivity index (χ0) is 41.9. The van der Waals surface area contributed by atoms with E-state index < -0.39 is 12.1 Å². The Kier molecular flexibility index (Phi) is 6.20. The zero-order valence-electron chi connectivity index (χ0n) is 36.0. The number of hydrogen-bond acceptors (Lipinski definition) is 2. The van der Waals surface area contributed by atoms with Gasteiger partial charge in [0.25, 0.3) is 0 Å². The van der Waals surface area contributed by atoms with E-state index in [4.69, 9.17) is 14.0 Å². The van der Waals surface area contributed by atoms with E-state index in [1.54, 1.807) is 0 Å². The van der Waals surface area contributed by atoms with Crippen molar-refractivity contribution in [3.05, 3.63) is 212 Å². The Hall–Kier alpha value is -7.16. The minimum Gasteiger partial charge on any atom is -0.455 e. The standard InChI is InChI=1S/C52H35NO/c1-2-12-39(13-3-1)46-17-6-8-22-50(46)53(43-34-30-41(31-35-43)47-20-11-21-49-48-18-7-9-23-51(48)54-52(47)49)42-32-28-37(29-33-42)36-24-26-40(27-25-36)45-19-10-15-38-14-4-5-16-44(38)45/h1-35H/i7D,9D,11D,18D,20D,21D,23D. The minimum atomic E-state index is -0.454. The SMILES string of the molecule is [2H]c1c([2H])c([2H])c2c(oc3c(-c4ccc(N(c5ccc(-c6ccc(-c7cccc8ccccc78)cc6)cc5)c5ccccc5-c5ccccc5)cc4)c([2H])c([2H])c([2H])c32)c1[2H]. The Bertz CT molecular complexity index is 3300. The Morgan fingerprint density at radius 2 is 0.926 bits per heavy atom. The van der Waals surface area contributed by atoms with Crippen LogP contribution in [0.15, 0.2) is 217 Å². The summed E-state index contributed by atoms with van der Waals surface area (Å²) in [5.74, 6) is 0. The topological polar surface area (TPSA) is 16.4 Å². The summed E-state index contributed by atoms with van der Waals surface area (Å²) in [4.78, 5) is 2.19. The Morgan fingerprint density at radius 1 is 0.370 bits per heavy atom. The van der Waals surface area contributed by atoms with Crippen molar-refractivity contribution in [2.75, 3.05) is 4.90 Å². The molecule has 0 fully saturated rings. The normalized spacial score (nSPS) is 13.1. The highest BCUT2D eigenvalue weighted by atomic mass is 16.3. The van der Waals surface area contributed by atoms with Gasteiger partial charge in [-0.25, -0.2) is 0 Å². The van der Waals surface area contributed by atoms with Gasteiger partial charge in [-0.05, 0) is 80.5 Å². The molecule has 0 N–H and O–H groups in total. The van der Waals surface area contributed by atoms with E-state index in [1.165, 1.54) is 16.3 Å². The molecule has 0 atom stereocenters. The smallest absolute Gasteiger partial charge is 0.143 e. The van der Waals surface area contributed by atoms with Crippen molar-refractivity contribution in [2.24, 2.45) is 0 Å². The number of benzene rings is 9. The number of para-hydroxylation sites is 3. The minimum absolute atomic E-state index is 0.0327. The molecule has 54 heavy (non-hydrogen) atoms. The van der Waals surface area contributed by atoms with Crippen LogP contribution >= 0.6 is 0 Å². The highest BCUT2D eigenvalue weighted by molar-refractivity contribution is 6.09. The summed E-state index contributed by atoms with van der Waals surface area (Å²) in [5.41, 5.74) is 10.1. The van der Waals surface area contributed by atoms with Crippen molar-refractivity contribution in [2.45, 2.75) is 0 Å². The Labute approximate surface area is 324 Å². The van der Waals surface area contributed by atoms with E-state index in [0.717, 1.165) is 44.9 Å². The molecule has 0 aliphatic rings. The van der Waals surface area contributed by atoms with Crippen LogP contribution < -0.4 is 4.90 Å². The fourth-order valence-electron chi connectivity index (χ4n) is 7.39. The average molecular weight is 697 g/mol. The van der Waals surface area contributed by atoms with E-state index in [-0.39, 0.29) is 57.7 Å². The molecule has 254 valence electrons. The van der Waals surface area contributed by atoms with Crippen LogP contribution in [-0.4, -0.2) is 0 Å². The number of fused-ring (bicyclic) bond motifs is 4. The van der Waals surface area contributed by atoms with Crippen molar-refractivity contribution in [3.63, 3.8) is 0 Å². The quantitative estimate of drug-likeness (QED) is 0.165. The predicted octanol–water partition coefficient (Wildman–Crippen LogP) is 14.9. The van der Waals surface area contributed by atoms with Gasteiger partial charge < -0.3 is 9.32 Å². The second-order valence-electron chi connectivity index (χ2n) is 13.2. The summed E-state index contributed by atoms with van der Waals surface area (Å²) in [6.07, 6.45) is 0. The third kappa shape index (κ3) is 5.62. The van der Waals surface area contributed by atoms with E-state index >= 15 is 0 Å². The molecule has 0 aliphatic heterocycles. The summed E-state index contributed by atoms with van der Waals surface area (Å²) in [7, 11) is 0. The van der Waals surface area contributed by atoms with Gasteiger partial charge in [0.2, 0.25) is 0 Å². The van der Waals surface area contributed by atoms with E-state index in [0.29, 0.717) is 5.56 Å². The zero-order valence-corrected chi connectivity index (χ0v) is 29.0. The fourth-order valence-corrected chi connectivity index (χ4v) is 7.39. The van der Waals surface area contributed by atoms with Crippen LogP contribution in [0.1, 0.15) is 9.60 Å². The lowest BCUT2D eigenvalue weighted by Crippen LogP contribution is -2.11. The Morgan fingerprint density at radius 3 is 1.72 bits per heavy atom. The van der Waals surface area contributed by atoms with Crippen molar-refractivity contribution >= 4 is 49.8 Å². The van der Waals surface area contributed by atoms with Crippen LogP contribution in [0.3, 0.4) is 0 Å². The van der Waals surface area contributed by atoms with Crippen LogP contribution in [0, 0.1) is 0 Å². The lowest BCUT2D eigenvalue weighted by Gasteiger charge is -2.28. The van der Waals surface area contributed by atoms with Gasteiger partial charge in [-0.2, -0.15) is 0 Å². The maximum atomic E-state index is 8.98. The van der Waals surface area contributed by atoms with Gasteiger partial charge >= 0.3 is 0 Å². The first kappa shape index (κ1) is 24.9. The molecule has 2 nitrogen and oxygen atoms in total. The molecule has 0 unspecified atom stereocenters. The third-order valence-electron chi connectivity index (χ3n) is 10.0. The van der Waals surface area contributed by atoms with Crippen molar-refractivity contribution < 1.29 is 14.0 Å². The van der Waals surface area contributed by atoms with E-state index in [2.05, 4.69) is 120 Å². The van der Waals surface area contributed by atoms with E-state index in [9.17, 15) is 0 Å². The van der Waals surface area contributed by atoms with Gasteiger partial charge in [0.15, 0.2) is 0 Å². The molecule has 9 aromatic carbocycles. The highest BCUT2D eigenvalue weighted by Gasteiger charge is 2.18. The first-order chi connectivity index (χ1) is 29.7. The number of nitrogens with zero attached hydrogens (tertiary/aromatic N) is 1. The number of anilines is 3. The van der Waals surface area contributed by atoms with Crippen LogP contribution in [0.2, 0.25) is 0 Å². The summed E-state index contributed by atoms with van der Waals surface area (Å²) < 4.78 is 66.2. The second-order valence-corrected chi connectivity index (χ2v) is 13.2. The summed E-state index contributed by atoms with van der Waals surface area (Å²) in [6.45, 7) is 0. The van der Waals surface area contributed by atoms with Gasteiger partial charge in [-0.15, -0.1) is 0 Å². The molecular formula is C52H35NO. The monoisotopic (exact) mass is 696 g/mol. The predicted molar refractivity (Wildman–Crippen MR) is 228 cm³/mol. The van der Waals surface area contributed by atoms with Crippen molar-refractivity contribution in [3.8, 4) is 44.5 Å². The van der Waals surface area contributed by atoms with Crippen molar-refractivity contribution in [1.82, 2.24) is 0 Å². The maximum absolute atomic E-state index is 8.98. The van der Waals surface area contributed by atoms with Gasteiger partial charge in [0, 0.05) is 33.3 Å². The summed E-state index contributed by atoms with van der Waals surface area (Å²) in [6, 6.07) is 55.5. The van der Waals surface area contributed by atoms with Crippen molar-refractivity contribution in [1.29, 1.82) is 0 Å². The fraction of sp³-hybridized carbons (Fsp3) is 0. The Balaban J connectivity index is 1.07. The van der Waals surface area contributed by atoms with Gasteiger partial charge in [-0.3, -0.25) is 0 Å². The number of hydrogen-bond donors (Lipinski definition) is 0. The van der Waals surface area contributed by atoms with Crippen LogP contribution in [-0.2, 0) is 0 Å². The molecule has 10 rings (SSSR count). The molecule has 1 aromatic heterocycles. The summed E-state index contributed by atoms with van der Waals surface area (Å²) >= 11 is 0. The van der Waals surface area contributed by atoms with Crippen LogP contribution in [0.5, 0.6) is 0 Å². The van der Waals surface area contributed by atoms with E-state index in [1.807, 2.05) is 54.6 Å². The molecule has 0 amide bonds. The molecule has 0 bridgehead atoms. The van der Waals surface area contributed by atoms with Gasteiger partial charge in [0.05, 0.1) is 15.3 Å². The maximum Gasteiger partial charge on any atom is 0.143 e. The van der Waals surface area contributed by atoms with Crippen LogP contribution in [0.25, 0.3) is 77.2 Å². The first-order valence-electron chi connectivity index (χ1n) is 21.4. The third-order valence-corrected chi connectivity index (χ3v) is 10.0. The first-order valence-corrected chi connectivity index (χ1v) is 17.9. The molecule has 2 heteroatoms. The molecular weight excluding hydrogens is 655 g/mol. The molecule has 1 heterocycles. The molecule has 10 aromatic rings. The largest absolute Gasteiger partial charge is 0.455 e. The summed E-state index contributed by atoms with van der Waals surface area (Å²) in [5, 5.41) is 2.55. The number of furan rings is 1. The van der Waals surface area contributed by atoms with Gasteiger partial charge in [-0.1, -0.05) is 176 Å².